The standard InChI is InChI=1S/C17H27NO/c1-5-19-17(14-9-10-14)16(18-4)11-15-12(2)7-6-8-13(15)3/h6-8,14,16-18H,5,9-11H2,1-4H3. The number of nitrogens with one attached hydrogen (secondary N) is 1. The summed E-state index contributed by atoms with van der Waals surface area (Å²) in [6, 6.07) is 6.99. The van der Waals surface area contributed by atoms with Crippen molar-refractivity contribution in [3.63, 3.8) is 0 Å². The molecule has 1 aromatic carbocycles. The Morgan fingerprint density at radius 1 is 1.26 bits per heavy atom. The van der Waals surface area contributed by atoms with Gasteiger partial charge in [-0.05, 0) is 69.7 Å². The SMILES string of the molecule is CCOC(C1CC1)C(Cc1c(C)cccc1C)NC. The molecular formula is C17H27NO. The van der Waals surface area contributed by atoms with Crippen LogP contribution in [0.25, 0.3) is 0 Å². The summed E-state index contributed by atoms with van der Waals surface area (Å²) >= 11 is 0. The van der Waals surface area contributed by atoms with Gasteiger partial charge in [0.25, 0.3) is 0 Å². The highest BCUT2D eigenvalue weighted by molar-refractivity contribution is 5.34. The predicted molar refractivity (Wildman–Crippen MR) is 80.6 cm³/mol. The maximum Gasteiger partial charge on any atom is 0.0759 e. The first-order valence-electron chi connectivity index (χ1n) is 7.51. The summed E-state index contributed by atoms with van der Waals surface area (Å²) < 4.78 is 6.01. The molecule has 2 heteroatoms. The first-order valence-corrected chi connectivity index (χ1v) is 7.51. The normalized spacial score (nSPS) is 18.3. The summed E-state index contributed by atoms with van der Waals surface area (Å²) in [5, 5.41) is 3.49. The number of hydrogen-bond acceptors (Lipinski definition) is 2. The number of hydrogen-bond donors (Lipinski definition) is 1. The topological polar surface area (TPSA) is 21.3 Å². The second-order valence-electron chi connectivity index (χ2n) is 5.73. The van der Waals surface area contributed by atoms with Crippen molar-refractivity contribution in [1.29, 1.82) is 0 Å². The fourth-order valence-electron chi connectivity index (χ4n) is 2.97. The molecule has 1 aliphatic carbocycles. The molecular weight excluding hydrogens is 234 g/mol. The van der Waals surface area contributed by atoms with Crippen LogP contribution in [0.4, 0.5) is 0 Å². The molecule has 2 nitrogen and oxygen atoms in total. The first kappa shape index (κ1) is 14.5. The van der Waals surface area contributed by atoms with E-state index in [4.69, 9.17) is 4.74 Å². The van der Waals surface area contributed by atoms with E-state index in [-0.39, 0.29) is 0 Å². The van der Waals surface area contributed by atoms with Crippen LogP contribution in [-0.2, 0) is 11.2 Å². The molecule has 1 saturated carbocycles. The Hall–Kier alpha value is -0.860. The molecule has 0 bridgehead atoms. The van der Waals surface area contributed by atoms with Gasteiger partial charge in [0, 0.05) is 12.6 Å². The van der Waals surface area contributed by atoms with Crippen LogP contribution in [0.15, 0.2) is 18.2 Å². The zero-order valence-corrected chi connectivity index (χ0v) is 12.7. The lowest BCUT2D eigenvalue weighted by molar-refractivity contribution is 0.0210. The molecule has 0 heterocycles. The van der Waals surface area contributed by atoms with Gasteiger partial charge >= 0.3 is 0 Å². The molecule has 0 aliphatic heterocycles. The van der Waals surface area contributed by atoms with Crippen LogP contribution < -0.4 is 5.32 Å². The van der Waals surface area contributed by atoms with E-state index in [1.165, 1.54) is 29.5 Å². The number of aryl methyl sites for hydroxylation is 2. The lowest BCUT2D eigenvalue weighted by Crippen LogP contribution is -2.42. The van der Waals surface area contributed by atoms with E-state index in [1.54, 1.807) is 0 Å². The van der Waals surface area contributed by atoms with Crippen LogP contribution in [0.2, 0.25) is 0 Å². The molecule has 106 valence electrons. The minimum absolute atomic E-state index is 0.369. The quantitative estimate of drug-likeness (QED) is 0.813. The lowest BCUT2D eigenvalue weighted by atomic mass is 9.92. The molecule has 2 unspecified atom stereocenters. The van der Waals surface area contributed by atoms with Crippen molar-refractivity contribution in [2.24, 2.45) is 5.92 Å². The van der Waals surface area contributed by atoms with Crippen molar-refractivity contribution in [2.45, 2.75) is 52.2 Å². The molecule has 0 amide bonds. The minimum Gasteiger partial charge on any atom is -0.377 e. The fraction of sp³-hybridized carbons (Fsp3) is 0.647. The molecule has 2 rings (SSSR count). The Labute approximate surface area is 117 Å². The van der Waals surface area contributed by atoms with Crippen LogP contribution in [-0.4, -0.2) is 25.8 Å². The molecule has 0 radical (unpaired) electrons. The molecule has 1 fully saturated rings. The van der Waals surface area contributed by atoms with E-state index in [0.717, 1.165) is 18.9 Å². The Morgan fingerprint density at radius 3 is 2.37 bits per heavy atom. The van der Waals surface area contributed by atoms with Gasteiger partial charge in [0.15, 0.2) is 0 Å². The molecule has 19 heavy (non-hydrogen) atoms. The largest absolute Gasteiger partial charge is 0.377 e. The third-order valence-electron chi connectivity index (χ3n) is 4.28. The summed E-state index contributed by atoms with van der Waals surface area (Å²) in [5.41, 5.74) is 4.27. The van der Waals surface area contributed by atoms with E-state index in [0.29, 0.717) is 12.1 Å². The van der Waals surface area contributed by atoms with Crippen LogP contribution in [0.1, 0.15) is 36.5 Å². The maximum absolute atomic E-state index is 6.01. The molecule has 1 aromatic rings. The molecule has 0 spiro atoms. The van der Waals surface area contributed by atoms with E-state index in [9.17, 15) is 0 Å². The van der Waals surface area contributed by atoms with Gasteiger partial charge in [0.1, 0.15) is 0 Å². The first-order chi connectivity index (χ1) is 9.17. The van der Waals surface area contributed by atoms with E-state index < -0.39 is 0 Å². The van der Waals surface area contributed by atoms with Crippen molar-refractivity contribution in [3.05, 3.63) is 34.9 Å². The number of rotatable bonds is 7. The van der Waals surface area contributed by atoms with Gasteiger partial charge in [-0.2, -0.15) is 0 Å². The number of likely N-dealkylation sites (N-methyl/N-ethyl adjacent to an activating group) is 1. The van der Waals surface area contributed by atoms with Crippen molar-refractivity contribution in [2.75, 3.05) is 13.7 Å². The molecule has 2 atom stereocenters. The number of ether oxygens (including phenoxy) is 1. The summed E-state index contributed by atoms with van der Waals surface area (Å²) in [6.07, 6.45) is 4.09. The minimum atomic E-state index is 0.369. The van der Waals surface area contributed by atoms with Crippen molar-refractivity contribution in [3.8, 4) is 0 Å². The molecule has 1 aliphatic rings. The zero-order chi connectivity index (χ0) is 13.8. The molecule has 0 saturated heterocycles. The predicted octanol–water partition coefficient (Wildman–Crippen LogP) is 3.25. The molecule has 1 N–H and O–H groups in total. The average Bonchev–Trinajstić information content (AvgIpc) is 3.21. The van der Waals surface area contributed by atoms with E-state index >= 15 is 0 Å². The maximum atomic E-state index is 6.01. The van der Waals surface area contributed by atoms with Gasteiger partial charge in [-0.15, -0.1) is 0 Å². The van der Waals surface area contributed by atoms with Crippen LogP contribution in [0, 0.1) is 19.8 Å². The van der Waals surface area contributed by atoms with Crippen LogP contribution >= 0.6 is 0 Å². The third kappa shape index (κ3) is 3.58. The average molecular weight is 261 g/mol. The summed E-state index contributed by atoms with van der Waals surface area (Å²) in [5.74, 6) is 0.765. The Bertz CT molecular complexity index is 391. The zero-order valence-electron chi connectivity index (χ0n) is 12.7. The van der Waals surface area contributed by atoms with Gasteiger partial charge in [-0.25, -0.2) is 0 Å². The third-order valence-corrected chi connectivity index (χ3v) is 4.28. The second kappa shape index (κ2) is 6.53. The highest BCUT2D eigenvalue weighted by atomic mass is 16.5. The van der Waals surface area contributed by atoms with Crippen molar-refractivity contribution in [1.82, 2.24) is 5.32 Å². The van der Waals surface area contributed by atoms with Gasteiger partial charge in [0.05, 0.1) is 6.10 Å². The Balaban J connectivity index is 2.13. The van der Waals surface area contributed by atoms with E-state index in [1.807, 2.05) is 0 Å². The highest BCUT2D eigenvalue weighted by Gasteiger charge is 2.36. The number of benzene rings is 1. The monoisotopic (exact) mass is 261 g/mol. The summed E-state index contributed by atoms with van der Waals surface area (Å²) in [4.78, 5) is 0. The van der Waals surface area contributed by atoms with Crippen molar-refractivity contribution < 1.29 is 4.74 Å². The lowest BCUT2D eigenvalue weighted by Gasteiger charge is -2.28. The highest BCUT2D eigenvalue weighted by Crippen LogP contribution is 2.36. The van der Waals surface area contributed by atoms with Crippen LogP contribution in [0.3, 0.4) is 0 Å². The molecule has 0 aromatic heterocycles. The Morgan fingerprint density at radius 2 is 1.89 bits per heavy atom. The second-order valence-corrected chi connectivity index (χ2v) is 5.73. The summed E-state index contributed by atoms with van der Waals surface area (Å²) in [6.45, 7) is 7.33. The van der Waals surface area contributed by atoms with Crippen LogP contribution in [0.5, 0.6) is 0 Å². The summed E-state index contributed by atoms with van der Waals surface area (Å²) in [7, 11) is 2.06. The Kier molecular flexibility index (Phi) is 5.00. The van der Waals surface area contributed by atoms with Gasteiger partial charge in [0.2, 0.25) is 0 Å². The van der Waals surface area contributed by atoms with Gasteiger partial charge in [-0.3, -0.25) is 0 Å². The van der Waals surface area contributed by atoms with Gasteiger partial charge < -0.3 is 10.1 Å². The van der Waals surface area contributed by atoms with E-state index in [2.05, 4.69) is 51.3 Å². The fourth-order valence-corrected chi connectivity index (χ4v) is 2.97. The smallest absolute Gasteiger partial charge is 0.0759 e. The van der Waals surface area contributed by atoms with Crippen molar-refractivity contribution >= 4 is 0 Å². The van der Waals surface area contributed by atoms with Gasteiger partial charge in [-0.1, -0.05) is 18.2 Å².